The van der Waals surface area contributed by atoms with Gasteiger partial charge in [-0.3, -0.25) is 5.32 Å². The predicted octanol–water partition coefficient (Wildman–Crippen LogP) is 2.33. The number of urea groups is 1. The molecular formula is C13H21N3O2S. The smallest absolute Gasteiger partial charge is 0.323 e. The van der Waals surface area contributed by atoms with Gasteiger partial charge >= 0.3 is 6.03 Å². The van der Waals surface area contributed by atoms with Crippen LogP contribution < -0.4 is 5.32 Å². The number of nitrogens with one attached hydrogen (secondary N) is 1. The van der Waals surface area contributed by atoms with Crippen molar-refractivity contribution in [3.05, 3.63) is 11.1 Å². The van der Waals surface area contributed by atoms with Gasteiger partial charge in [0.1, 0.15) is 0 Å². The Morgan fingerprint density at radius 1 is 1.63 bits per heavy atom. The highest BCUT2D eigenvalue weighted by molar-refractivity contribution is 7.13. The van der Waals surface area contributed by atoms with Crippen LogP contribution in [0, 0.1) is 5.41 Å². The Kier molecular flexibility index (Phi) is 4.10. The minimum atomic E-state index is -0.390. The highest BCUT2D eigenvalue weighted by atomic mass is 32.1. The molecule has 2 N–H and O–H groups in total. The third kappa shape index (κ3) is 4.18. The van der Waals surface area contributed by atoms with Crippen molar-refractivity contribution >= 4 is 22.5 Å². The molecule has 0 aromatic carbocycles. The fourth-order valence-electron chi connectivity index (χ4n) is 2.09. The molecule has 6 heteroatoms. The fraction of sp³-hybridized carbons (Fsp3) is 0.692. The molecule has 1 aliphatic heterocycles. The number of hydrogen-bond donors (Lipinski definition) is 2. The van der Waals surface area contributed by atoms with Gasteiger partial charge in [-0.25, -0.2) is 9.78 Å². The first-order chi connectivity index (χ1) is 8.83. The molecule has 0 bridgehead atoms. The van der Waals surface area contributed by atoms with Crippen molar-refractivity contribution in [2.24, 2.45) is 5.41 Å². The van der Waals surface area contributed by atoms with Gasteiger partial charge in [-0.05, 0) is 18.3 Å². The van der Waals surface area contributed by atoms with Crippen LogP contribution in [0.25, 0.3) is 0 Å². The minimum Gasteiger partial charge on any atom is -0.391 e. The van der Waals surface area contributed by atoms with Crippen LogP contribution in [0.2, 0.25) is 0 Å². The summed E-state index contributed by atoms with van der Waals surface area (Å²) in [5.74, 6) is 0. The number of likely N-dealkylation sites (tertiary alicyclic amines) is 1. The Morgan fingerprint density at radius 3 is 2.95 bits per heavy atom. The van der Waals surface area contributed by atoms with E-state index < -0.39 is 6.10 Å². The zero-order valence-electron chi connectivity index (χ0n) is 11.6. The molecular weight excluding hydrogens is 262 g/mol. The molecule has 19 heavy (non-hydrogen) atoms. The lowest BCUT2D eigenvalue weighted by Gasteiger charge is -2.16. The van der Waals surface area contributed by atoms with Crippen molar-refractivity contribution in [3.63, 3.8) is 0 Å². The van der Waals surface area contributed by atoms with E-state index in [4.69, 9.17) is 0 Å². The number of aliphatic hydroxyl groups excluding tert-OH is 1. The summed E-state index contributed by atoms with van der Waals surface area (Å²) in [5.41, 5.74) is 1.20. The molecule has 1 aromatic heterocycles. The van der Waals surface area contributed by atoms with E-state index in [1.54, 1.807) is 4.90 Å². The largest absolute Gasteiger partial charge is 0.391 e. The molecule has 106 valence electrons. The molecule has 0 aliphatic carbocycles. The number of aromatic nitrogens is 1. The Hall–Kier alpha value is -1.14. The van der Waals surface area contributed by atoms with E-state index in [1.807, 2.05) is 5.38 Å². The van der Waals surface area contributed by atoms with Gasteiger partial charge in [0.15, 0.2) is 5.13 Å². The van der Waals surface area contributed by atoms with Crippen LogP contribution in [0.4, 0.5) is 9.93 Å². The van der Waals surface area contributed by atoms with Gasteiger partial charge in [-0.15, -0.1) is 11.3 Å². The van der Waals surface area contributed by atoms with Crippen LogP contribution >= 0.6 is 11.3 Å². The van der Waals surface area contributed by atoms with Gasteiger partial charge < -0.3 is 10.0 Å². The van der Waals surface area contributed by atoms with E-state index in [0.29, 0.717) is 24.6 Å². The molecule has 1 unspecified atom stereocenters. The van der Waals surface area contributed by atoms with E-state index >= 15 is 0 Å². The standard InChI is InChI=1S/C13H21N3O2S/c1-13(2,3)6-9-8-19-11(14-9)15-12(18)16-5-4-10(17)7-16/h8,10,17H,4-7H2,1-3H3,(H,14,15,18). The third-order valence-electron chi connectivity index (χ3n) is 2.93. The molecule has 1 aromatic rings. The second kappa shape index (κ2) is 5.46. The van der Waals surface area contributed by atoms with Crippen molar-refractivity contribution in [1.82, 2.24) is 9.88 Å². The maximum atomic E-state index is 11.9. The summed E-state index contributed by atoms with van der Waals surface area (Å²) in [5, 5.41) is 14.8. The third-order valence-corrected chi connectivity index (χ3v) is 3.73. The van der Waals surface area contributed by atoms with E-state index in [1.165, 1.54) is 11.3 Å². The number of β-amino-alcohol motifs (C(OH)–C–C–N with tert-alkyl or cyclic N) is 1. The van der Waals surface area contributed by atoms with Crippen molar-refractivity contribution in [2.75, 3.05) is 18.4 Å². The monoisotopic (exact) mass is 283 g/mol. The number of carbonyl (C=O) groups excluding carboxylic acids is 1. The van der Waals surface area contributed by atoms with E-state index in [-0.39, 0.29) is 11.4 Å². The Labute approximate surface area is 117 Å². The van der Waals surface area contributed by atoms with Crippen LogP contribution in [0.15, 0.2) is 5.38 Å². The number of thiazole rings is 1. The topological polar surface area (TPSA) is 65.5 Å². The first-order valence-electron chi connectivity index (χ1n) is 6.52. The molecule has 2 amide bonds. The number of amides is 2. The van der Waals surface area contributed by atoms with Crippen LogP contribution in [0.3, 0.4) is 0 Å². The summed E-state index contributed by atoms with van der Waals surface area (Å²) in [7, 11) is 0. The highest BCUT2D eigenvalue weighted by Crippen LogP contribution is 2.24. The van der Waals surface area contributed by atoms with Gasteiger partial charge in [0.2, 0.25) is 0 Å². The maximum Gasteiger partial charge on any atom is 0.323 e. The van der Waals surface area contributed by atoms with Crippen molar-refractivity contribution in [3.8, 4) is 0 Å². The summed E-state index contributed by atoms with van der Waals surface area (Å²) in [4.78, 5) is 18.0. The van der Waals surface area contributed by atoms with Gasteiger partial charge in [0.05, 0.1) is 11.8 Å². The summed E-state index contributed by atoms with van der Waals surface area (Å²) in [6.45, 7) is 7.50. The molecule has 1 atom stereocenters. The number of rotatable bonds is 2. The molecule has 2 rings (SSSR count). The number of anilines is 1. The van der Waals surface area contributed by atoms with Crippen molar-refractivity contribution < 1.29 is 9.90 Å². The molecule has 0 radical (unpaired) electrons. The van der Waals surface area contributed by atoms with Crippen LogP contribution in [-0.2, 0) is 6.42 Å². The lowest BCUT2D eigenvalue weighted by atomic mass is 9.91. The molecule has 2 heterocycles. The second-order valence-electron chi connectivity index (χ2n) is 6.20. The Balaban J connectivity index is 1.91. The van der Waals surface area contributed by atoms with Gasteiger partial charge in [0.25, 0.3) is 0 Å². The zero-order valence-corrected chi connectivity index (χ0v) is 12.5. The first-order valence-corrected chi connectivity index (χ1v) is 7.40. The van der Waals surface area contributed by atoms with Gasteiger partial charge in [-0.2, -0.15) is 0 Å². The quantitative estimate of drug-likeness (QED) is 0.875. The Bertz CT molecular complexity index is 453. The molecule has 1 fully saturated rings. The van der Waals surface area contributed by atoms with Gasteiger partial charge in [-0.1, -0.05) is 20.8 Å². The maximum absolute atomic E-state index is 11.9. The minimum absolute atomic E-state index is 0.173. The van der Waals surface area contributed by atoms with E-state index in [9.17, 15) is 9.90 Å². The van der Waals surface area contributed by atoms with Gasteiger partial charge in [0, 0.05) is 18.5 Å². The second-order valence-corrected chi connectivity index (χ2v) is 7.06. The molecule has 5 nitrogen and oxygen atoms in total. The van der Waals surface area contributed by atoms with Crippen molar-refractivity contribution in [1.29, 1.82) is 0 Å². The number of nitrogens with zero attached hydrogens (tertiary/aromatic N) is 2. The number of hydrogen-bond acceptors (Lipinski definition) is 4. The molecule has 0 saturated carbocycles. The number of aliphatic hydroxyl groups is 1. The molecule has 1 saturated heterocycles. The summed E-state index contributed by atoms with van der Waals surface area (Å²) < 4.78 is 0. The van der Waals surface area contributed by atoms with Crippen molar-refractivity contribution in [2.45, 2.75) is 39.7 Å². The normalized spacial score (nSPS) is 19.8. The van der Waals surface area contributed by atoms with E-state index in [2.05, 4.69) is 31.1 Å². The summed E-state index contributed by atoms with van der Waals surface area (Å²) >= 11 is 1.45. The lowest BCUT2D eigenvalue weighted by Crippen LogP contribution is -2.33. The predicted molar refractivity (Wildman–Crippen MR) is 76.5 cm³/mol. The average molecular weight is 283 g/mol. The van der Waals surface area contributed by atoms with Crippen LogP contribution in [0.5, 0.6) is 0 Å². The Morgan fingerprint density at radius 2 is 2.37 bits per heavy atom. The first kappa shape index (κ1) is 14.3. The highest BCUT2D eigenvalue weighted by Gasteiger charge is 2.25. The lowest BCUT2D eigenvalue weighted by molar-refractivity contribution is 0.176. The van der Waals surface area contributed by atoms with Crippen LogP contribution in [-0.4, -0.2) is 40.2 Å². The zero-order chi connectivity index (χ0) is 14.0. The SMILES string of the molecule is CC(C)(C)Cc1csc(NC(=O)N2CCC(O)C2)n1. The van der Waals surface area contributed by atoms with Crippen LogP contribution in [0.1, 0.15) is 32.9 Å². The summed E-state index contributed by atoms with van der Waals surface area (Å²) in [6.07, 6.45) is 1.15. The summed E-state index contributed by atoms with van der Waals surface area (Å²) in [6, 6.07) is -0.173. The molecule has 1 aliphatic rings. The van der Waals surface area contributed by atoms with E-state index in [0.717, 1.165) is 12.1 Å². The number of carbonyl (C=O) groups is 1. The average Bonchev–Trinajstić information content (AvgIpc) is 2.85. The fourth-order valence-corrected chi connectivity index (χ4v) is 2.79. The molecule has 0 spiro atoms.